The number of rotatable bonds is 4. The summed E-state index contributed by atoms with van der Waals surface area (Å²) < 4.78 is 0. The number of carbonyl (C=O) groups is 2. The normalized spacial score (nSPS) is 22.3. The van der Waals surface area contributed by atoms with E-state index in [0.717, 1.165) is 16.7 Å². The maximum Gasteiger partial charge on any atom is 0.325 e. The highest BCUT2D eigenvalue weighted by atomic mass is 16.2. The number of nitrogens with two attached hydrogens (primary N) is 1. The second-order valence-corrected chi connectivity index (χ2v) is 5.23. The average Bonchev–Trinajstić information content (AvgIpc) is 2.67. The number of imide groups is 1. The molecule has 1 fully saturated rings. The Morgan fingerprint density at radius 3 is 2.50 bits per heavy atom. The van der Waals surface area contributed by atoms with Crippen LogP contribution in [0.4, 0.5) is 4.79 Å². The topological polar surface area (TPSA) is 75.4 Å². The molecule has 1 aromatic carbocycles. The molecule has 1 aliphatic rings. The van der Waals surface area contributed by atoms with E-state index in [0.29, 0.717) is 6.42 Å². The summed E-state index contributed by atoms with van der Waals surface area (Å²) in [5.41, 5.74) is 7.62. The molecule has 3 amide bonds. The Kier molecular flexibility index (Phi) is 3.81. The number of hydrogen-bond donors (Lipinski definition) is 2. The second kappa shape index (κ2) is 5.25. The Morgan fingerprint density at radius 1 is 1.25 bits per heavy atom. The predicted octanol–water partition coefficient (Wildman–Crippen LogP) is 1.42. The third-order valence-corrected chi connectivity index (χ3v) is 4.06. The molecule has 2 rings (SSSR count). The zero-order valence-electron chi connectivity index (χ0n) is 12.2. The lowest BCUT2D eigenvalue weighted by atomic mass is 9.85. The lowest BCUT2D eigenvalue weighted by Gasteiger charge is -2.26. The molecule has 0 spiro atoms. The molecule has 0 radical (unpaired) electrons. The van der Waals surface area contributed by atoms with Crippen molar-refractivity contribution in [2.75, 3.05) is 13.1 Å². The van der Waals surface area contributed by atoms with Crippen LogP contribution in [0.3, 0.4) is 0 Å². The summed E-state index contributed by atoms with van der Waals surface area (Å²) >= 11 is 0. The summed E-state index contributed by atoms with van der Waals surface area (Å²) in [6, 6.07) is 5.51. The molecule has 3 N–H and O–H groups in total. The molecule has 0 bridgehead atoms. The summed E-state index contributed by atoms with van der Waals surface area (Å²) in [5, 5.41) is 2.85. The van der Waals surface area contributed by atoms with Gasteiger partial charge in [0.2, 0.25) is 0 Å². The number of nitrogens with zero attached hydrogens (tertiary/aromatic N) is 1. The quantitative estimate of drug-likeness (QED) is 0.816. The Hall–Kier alpha value is -1.88. The van der Waals surface area contributed by atoms with Crippen molar-refractivity contribution in [1.82, 2.24) is 10.2 Å². The smallest absolute Gasteiger partial charge is 0.325 e. The van der Waals surface area contributed by atoms with Gasteiger partial charge in [-0.15, -0.1) is 0 Å². The van der Waals surface area contributed by atoms with Gasteiger partial charge in [0.1, 0.15) is 5.54 Å². The van der Waals surface area contributed by atoms with Gasteiger partial charge in [-0.1, -0.05) is 25.1 Å². The van der Waals surface area contributed by atoms with E-state index in [1.807, 2.05) is 39.0 Å². The van der Waals surface area contributed by atoms with Crippen molar-refractivity contribution >= 4 is 11.9 Å². The Morgan fingerprint density at radius 2 is 1.95 bits per heavy atom. The van der Waals surface area contributed by atoms with Gasteiger partial charge in [0.25, 0.3) is 5.91 Å². The van der Waals surface area contributed by atoms with Gasteiger partial charge in [-0.2, -0.15) is 0 Å². The van der Waals surface area contributed by atoms with Crippen molar-refractivity contribution < 1.29 is 9.59 Å². The van der Waals surface area contributed by atoms with Gasteiger partial charge in [0, 0.05) is 13.1 Å². The van der Waals surface area contributed by atoms with Crippen LogP contribution in [0.2, 0.25) is 0 Å². The maximum atomic E-state index is 12.6. The molecule has 108 valence electrons. The number of aryl methyl sites for hydroxylation is 2. The fourth-order valence-corrected chi connectivity index (χ4v) is 2.60. The minimum Gasteiger partial charge on any atom is -0.329 e. The van der Waals surface area contributed by atoms with E-state index >= 15 is 0 Å². The second-order valence-electron chi connectivity index (χ2n) is 5.23. The van der Waals surface area contributed by atoms with E-state index in [9.17, 15) is 9.59 Å². The molecule has 0 aromatic heterocycles. The van der Waals surface area contributed by atoms with Crippen LogP contribution in [0, 0.1) is 13.8 Å². The van der Waals surface area contributed by atoms with Crippen molar-refractivity contribution in [3.63, 3.8) is 0 Å². The average molecular weight is 275 g/mol. The van der Waals surface area contributed by atoms with Crippen LogP contribution in [-0.4, -0.2) is 29.9 Å². The Balaban J connectivity index is 2.47. The number of benzene rings is 1. The van der Waals surface area contributed by atoms with Gasteiger partial charge in [-0.05, 0) is 37.0 Å². The zero-order valence-corrected chi connectivity index (χ0v) is 12.2. The fraction of sp³-hybridized carbons (Fsp3) is 0.467. The van der Waals surface area contributed by atoms with Crippen LogP contribution in [0.1, 0.15) is 30.0 Å². The fourth-order valence-electron chi connectivity index (χ4n) is 2.60. The summed E-state index contributed by atoms with van der Waals surface area (Å²) in [6.07, 6.45) is 0.515. The molecule has 20 heavy (non-hydrogen) atoms. The zero-order chi connectivity index (χ0) is 14.9. The van der Waals surface area contributed by atoms with Crippen LogP contribution in [0.15, 0.2) is 18.2 Å². The summed E-state index contributed by atoms with van der Waals surface area (Å²) in [4.78, 5) is 25.9. The van der Waals surface area contributed by atoms with Crippen LogP contribution in [0.25, 0.3) is 0 Å². The minimum atomic E-state index is -0.954. The van der Waals surface area contributed by atoms with Crippen LogP contribution < -0.4 is 11.1 Å². The molecule has 1 heterocycles. The first-order valence-electron chi connectivity index (χ1n) is 6.88. The number of hydrogen-bond acceptors (Lipinski definition) is 3. The Labute approximate surface area is 119 Å². The number of urea groups is 1. The minimum absolute atomic E-state index is 0.210. The van der Waals surface area contributed by atoms with Gasteiger partial charge < -0.3 is 11.1 Å². The first-order chi connectivity index (χ1) is 9.46. The molecule has 5 heteroatoms. The molecule has 5 nitrogen and oxygen atoms in total. The number of carbonyl (C=O) groups excluding carboxylic acids is 2. The molecule has 1 atom stereocenters. The Bertz CT molecular complexity index is 556. The van der Waals surface area contributed by atoms with Crippen LogP contribution >= 0.6 is 0 Å². The van der Waals surface area contributed by atoms with Gasteiger partial charge in [-0.3, -0.25) is 9.69 Å². The van der Waals surface area contributed by atoms with Crippen molar-refractivity contribution in [2.45, 2.75) is 32.7 Å². The molecule has 0 saturated carbocycles. The summed E-state index contributed by atoms with van der Waals surface area (Å²) in [6.45, 7) is 6.44. The van der Waals surface area contributed by atoms with Crippen molar-refractivity contribution in [3.05, 3.63) is 34.9 Å². The third kappa shape index (κ3) is 2.08. The third-order valence-electron chi connectivity index (χ3n) is 4.06. The van der Waals surface area contributed by atoms with Gasteiger partial charge in [0.05, 0.1) is 0 Å². The van der Waals surface area contributed by atoms with Crippen LogP contribution in [0.5, 0.6) is 0 Å². The van der Waals surface area contributed by atoms with Crippen LogP contribution in [-0.2, 0) is 10.3 Å². The number of amides is 3. The highest BCUT2D eigenvalue weighted by molar-refractivity contribution is 6.07. The van der Waals surface area contributed by atoms with Crippen molar-refractivity contribution in [3.8, 4) is 0 Å². The van der Waals surface area contributed by atoms with Crippen molar-refractivity contribution in [1.29, 1.82) is 0 Å². The van der Waals surface area contributed by atoms with E-state index in [1.165, 1.54) is 4.90 Å². The van der Waals surface area contributed by atoms with Crippen molar-refractivity contribution in [2.24, 2.45) is 5.73 Å². The van der Waals surface area contributed by atoms with Gasteiger partial charge >= 0.3 is 6.03 Å². The van der Waals surface area contributed by atoms with E-state index in [4.69, 9.17) is 5.73 Å². The predicted molar refractivity (Wildman–Crippen MR) is 77.2 cm³/mol. The first-order valence-corrected chi connectivity index (χ1v) is 6.88. The molecule has 1 saturated heterocycles. The maximum absolute atomic E-state index is 12.6. The van der Waals surface area contributed by atoms with Gasteiger partial charge in [0.15, 0.2) is 0 Å². The molecule has 0 aliphatic carbocycles. The highest BCUT2D eigenvalue weighted by Crippen LogP contribution is 2.33. The molecule has 1 aromatic rings. The summed E-state index contributed by atoms with van der Waals surface area (Å²) in [7, 11) is 0. The van der Waals surface area contributed by atoms with E-state index in [-0.39, 0.29) is 25.0 Å². The molecular weight excluding hydrogens is 254 g/mol. The molecule has 1 aliphatic heterocycles. The standard InChI is InChI=1S/C15H21N3O2/c1-4-15(12-6-5-10(2)11(3)9-12)13(19)18(8-7-16)14(20)17-15/h5-6,9H,4,7-8,16H2,1-3H3,(H,17,20). The van der Waals surface area contributed by atoms with E-state index in [1.54, 1.807) is 0 Å². The summed E-state index contributed by atoms with van der Waals surface area (Å²) in [5.74, 6) is -0.210. The number of nitrogens with one attached hydrogen (secondary N) is 1. The first kappa shape index (κ1) is 14.5. The highest BCUT2D eigenvalue weighted by Gasteiger charge is 2.50. The van der Waals surface area contributed by atoms with E-state index < -0.39 is 5.54 Å². The van der Waals surface area contributed by atoms with Gasteiger partial charge in [-0.25, -0.2) is 4.79 Å². The monoisotopic (exact) mass is 275 g/mol. The largest absolute Gasteiger partial charge is 0.329 e. The molecule has 1 unspecified atom stereocenters. The molecular formula is C15H21N3O2. The lowest BCUT2D eigenvalue weighted by molar-refractivity contribution is -0.131. The lowest BCUT2D eigenvalue weighted by Crippen LogP contribution is -2.43. The van der Waals surface area contributed by atoms with E-state index in [2.05, 4.69) is 5.32 Å². The SMILES string of the molecule is CCC1(c2ccc(C)c(C)c2)NC(=O)N(CCN)C1=O.